The lowest BCUT2D eigenvalue weighted by atomic mass is 9.89. The fourth-order valence-electron chi connectivity index (χ4n) is 0.767. The highest BCUT2D eigenvalue weighted by Crippen LogP contribution is 2.19. The summed E-state index contributed by atoms with van der Waals surface area (Å²) in [7, 11) is 0. The summed E-state index contributed by atoms with van der Waals surface area (Å²) in [5.74, 6) is 0.0586. The number of nitrogens with one attached hydrogen (secondary N) is 1. The second kappa shape index (κ2) is 6.02. The van der Waals surface area contributed by atoms with E-state index in [1.807, 2.05) is 27.7 Å². The number of rotatable bonds is 6. The number of carbonyl (C=O) groups excluding carboxylic acids is 1. The van der Waals surface area contributed by atoms with Crippen molar-refractivity contribution < 1.29 is 9.53 Å². The fourth-order valence-corrected chi connectivity index (χ4v) is 0.767. The average molecular weight is 201 g/mol. The Morgan fingerprint density at radius 2 is 2.00 bits per heavy atom. The molecule has 0 bridgehead atoms. The molecule has 14 heavy (non-hydrogen) atoms. The normalized spacial score (nSPS) is 13.8. The maximum Gasteiger partial charge on any atom is 0.227 e. The Balaban J connectivity index is 3.75. The largest absolute Gasteiger partial charge is 0.358 e. The van der Waals surface area contributed by atoms with Crippen molar-refractivity contribution in [3.63, 3.8) is 0 Å². The van der Waals surface area contributed by atoms with Crippen LogP contribution < -0.4 is 5.32 Å². The van der Waals surface area contributed by atoms with Gasteiger partial charge in [-0.1, -0.05) is 27.7 Å². The van der Waals surface area contributed by atoms with Crippen LogP contribution in [0.25, 0.3) is 0 Å². The Morgan fingerprint density at radius 1 is 1.43 bits per heavy atom. The van der Waals surface area contributed by atoms with Crippen LogP contribution in [-0.2, 0) is 9.53 Å². The molecular formula is C11H23NO2. The van der Waals surface area contributed by atoms with Crippen LogP contribution >= 0.6 is 0 Å². The summed E-state index contributed by atoms with van der Waals surface area (Å²) in [5, 5.41) is 2.78. The van der Waals surface area contributed by atoms with E-state index in [9.17, 15) is 4.79 Å². The minimum Gasteiger partial charge on any atom is -0.358 e. The number of hydrogen-bond acceptors (Lipinski definition) is 2. The molecule has 0 aromatic rings. The summed E-state index contributed by atoms with van der Waals surface area (Å²) in [6.07, 6.45) is 2.01. The lowest BCUT2D eigenvalue weighted by Crippen LogP contribution is -2.38. The van der Waals surface area contributed by atoms with Crippen LogP contribution in [0.5, 0.6) is 0 Å². The van der Waals surface area contributed by atoms with E-state index in [1.165, 1.54) is 0 Å². The Labute approximate surface area is 87.2 Å². The molecule has 0 aromatic heterocycles. The predicted octanol–water partition coefficient (Wildman–Crippen LogP) is 2.31. The fraction of sp³-hybridized carbons (Fsp3) is 0.909. The van der Waals surface area contributed by atoms with Gasteiger partial charge in [-0.3, -0.25) is 4.79 Å². The van der Waals surface area contributed by atoms with E-state index in [4.69, 9.17) is 4.74 Å². The van der Waals surface area contributed by atoms with Gasteiger partial charge < -0.3 is 10.1 Å². The van der Waals surface area contributed by atoms with Gasteiger partial charge in [0.25, 0.3) is 0 Å². The molecular weight excluding hydrogens is 178 g/mol. The monoisotopic (exact) mass is 201 g/mol. The minimum atomic E-state index is -0.293. The standard InChI is InChI=1S/C11H23NO2/c1-6-9(3)14-8-12-10(13)11(4,5)7-2/h9H,6-8H2,1-5H3,(H,12,13). The van der Waals surface area contributed by atoms with Crippen LogP contribution in [0.15, 0.2) is 0 Å². The van der Waals surface area contributed by atoms with E-state index in [-0.39, 0.29) is 17.4 Å². The SMILES string of the molecule is CCC(C)OCNC(=O)C(C)(C)CC. The van der Waals surface area contributed by atoms with Crippen molar-refractivity contribution in [2.45, 2.75) is 53.6 Å². The highest BCUT2D eigenvalue weighted by molar-refractivity contribution is 5.81. The van der Waals surface area contributed by atoms with E-state index in [0.717, 1.165) is 12.8 Å². The zero-order valence-electron chi connectivity index (χ0n) is 10.0. The first-order valence-electron chi connectivity index (χ1n) is 5.34. The number of amides is 1. The second-order valence-corrected chi connectivity index (χ2v) is 4.27. The van der Waals surface area contributed by atoms with Gasteiger partial charge >= 0.3 is 0 Å². The first-order valence-corrected chi connectivity index (χ1v) is 5.34. The summed E-state index contributed by atoms with van der Waals surface area (Å²) in [4.78, 5) is 11.6. The molecule has 1 N–H and O–H groups in total. The molecule has 0 fully saturated rings. The van der Waals surface area contributed by atoms with E-state index >= 15 is 0 Å². The summed E-state index contributed by atoms with van der Waals surface area (Å²) in [6, 6.07) is 0. The van der Waals surface area contributed by atoms with Crippen molar-refractivity contribution >= 4 is 5.91 Å². The summed E-state index contributed by atoms with van der Waals surface area (Å²) >= 11 is 0. The maximum absolute atomic E-state index is 11.6. The van der Waals surface area contributed by atoms with Crippen LogP contribution in [0, 0.1) is 5.41 Å². The number of ether oxygens (including phenoxy) is 1. The Hall–Kier alpha value is -0.570. The van der Waals surface area contributed by atoms with Crippen molar-refractivity contribution in [1.82, 2.24) is 5.32 Å². The zero-order valence-corrected chi connectivity index (χ0v) is 10.0. The number of carbonyl (C=O) groups is 1. The lowest BCUT2D eigenvalue weighted by Gasteiger charge is -2.22. The topological polar surface area (TPSA) is 38.3 Å². The summed E-state index contributed by atoms with van der Waals surface area (Å²) in [6.45, 7) is 10.3. The first-order chi connectivity index (χ1) is 6.44. The van der Waals surface area contributed by atoms with Gasteiger partial charge in [0.1, 0.15) is 6.73 Å². The van der Waals surface area contributed by atoms with Crippen LogP contribution in [0.1, 0.15) is 47.5 Å². The Kier molecular flexibility index (Phi) is 5.77. The first kappa shape index (κ1) is 13.4. The van der Waals surface area contributed by atoms with E-state index in [2.05, 4.69) is 12.2 Å². The van der Waals surface area contributed by atoms with Crippen LogP contribution in [-0.4, -0.2) is 18.7 Å². The van der Waals surface area contributed by atoms with Crippen LogP contribution in [0.3, 0.4) is 0 Å². The number of hydrogen-bond donors (Lipinski definition) is 1. The van der Waals surface area contributed by atoms with E-state index < -0.39 is 0 Å². The molecule has 0 aromatic carbocycles. The van der Waals surface area contributed by atoms with Crippen LogP contribution in [0.2, 0.25) is 0 Å². The van der Waals surface area contributed by atoms with Gasteiger partial charge in [-0.25, -0.2) is 0 Å². The van der Waals surface area contributed by atoms with Gasteiger partial charge in [0.15, 0.2) is 0 Å². The van der Waals surface area contributed by atoms with Gasteiger partial charge in [0.05, 0.1) is 6.10 Å². The molecule has 0 aliphatic rings. The molecule has 0 aliphatic carbocycles. The molecule has 1 unspecified atom stereocenters. The van der Waals surface area contributed by atoms with Crippen LogP contribution in [0.4, 0.5) is 0 Å². The van der Waals surface area contributed by atoms with E-state index in [0.29, 0.717) is 6.73 Å². The quantitative estimate of drug-likeness (QED) is 0.670. The third kappa shape index (κ3) is 4.61. The molecule has 3 heteroatoms. The van der Waals surface area contributed by atoms with Crippen molar-refractivity contribution in [1.29, 1.82) is 0 Å². The molecule has 0 radical (unpaired) electrons. The molecule has 0 rings (SSSR count). The predicted molar refractivity (Wildman–Crippen MR) is 57.9 cm³/mol. The molecule has 0 heterocycles. The Bertz CT molecular complexity index is 178. The molecule has 1 amide bonds. The van der Waals surface area contributed by atoms with Crippen molar-refractivity contribution in [2.24, 2.45) is 5.41 Å². The molecule has 1 atom stereocenters. The molecule has 0 saturated heterocycles. The average Bonchev–Trinajstić information content (AvgIpc) is 2.17. The Morgan fingerprint density at radius 3 is 2.43 bits per heavy atom. The highest BCUT2D eigenvalue weighted by Gasteiger charge is 2.24. The third-order valence-electron chi connectivity index (χ3n) is 2.67. The maximum atomic E-state index is 11.6. The summed E-state index contributed by atoms with van der Waals surface area (Å²) in [5.41, 5.74) is -0.293. The van der Waals surface area contributed by atoms with Gasteiger partial charge in [-0.15, -0.1) is 0 Å². The minimum absolute atomic E-state index is 0.0586. The van der Waals surface area contributed by atoms with Crippen molar-refractivity contribution in [3.8, 4) is 0 Å². The second-order valence-electron chi connectivity index (χ2n) is 4.27. The highest BCUT2D eigenvalue weighted by atomic mass is 16.5. The third-order valence-corrected chi connectivity index (χ3v) is 2.67. The van der Waals surface area contributed by atoms with Gasteiger partial charge in [-0.2, -0.15) is 0 Å². The smallest absolute Gasteiger partial charge is 0.227 e. The molecule has 0 aliphatic heterocycles. The van der Waals surface area contributed by atoms with Crippen molar-refractivity contribution in [2.75, 3.05) is 6.73 Å². The molecule has 3 nitrogen and oxygen atoms in total. The van der Waals surface area contributed by atoms with Crippen molar-refractivity contribution in [3.05, 3.63) is 0 Å². The summed E-state index contributed by atoms with van der Waals surface area (Å²) < 4.78 is 5.37. The van der Waals surface area contributed by atoms with Gasteiger partial charge in [0, 0.05) is 5.41 Å². The van der Waals surface area contributed by atoms with E-state index in [1.54, 1.807) is 0 Å². The molecule has 0 saturated carbocycles. The molecule has 0 spiro atoms. The van der Waals surface area contributed by atoms with Gasteiger partial charge in [-0.05, 0) is 19.8 Å². The zero-order chi connectivity index (χ0) is 11.2. The molecule has 84 valence electrons. The van der Waals surface area contributed by atoms with Gasteiger partial charge in [0.2, 0.25) is 5.91 Å². The lowest BCUT2D eigenvalue weighted by molar-refractivity contribution is -0.131.